The third-order valence-corrected chi connectivity index (χ3v) is 5.84. The second kappa shape index (κ2) is 9.00. The fourth-order valence-corrected chi connectivity index (χ4v) is 4.30. The molecule has 4 aromatic heterocycles. The van der Waals surface area contributed by atoms with Crippen molar-refractivity contribution in [2.24, 2.45) is 0 Å². The van der Waals surface area contributed by atoms with E-state index in [1.807, 2.05) is 54.8 Å². The molecular weight excluding hydrogens is 394 g/mol. The molecule has 4 aromatic rings. The fraction of sp³-hybridized carbons (Fsp3) is 0.217. The molecule has 0 saturated heterocycles. The first-order chi connectivity index (χ1) is 14.6. The number of hydrogen-bond acceptors (Lipinski definition) is 5. The van der Waals surface area contributed by atoms with Gasteiger partial charge in [0.1, 0.15) is 5.82 Å². The second-order valence-electron chi connectivity index (χ2n) is 7.03. The monoisotopic (exact) mass is 417 g/mol. The second-order valence-corrected chi connectivity index (χ2v) is 7.97. The average molecular weight is 418 g/mol. The molecule has 1 amide bonds. The van der Waals surface area contributed by atoms with Gasteiger partial charge in [-0.3, -0.25) is 9.78 Å². The van der Waals surface area contributed by atoms with Crippen LogP contribution in [-0.2, 0) is 6.42 Å². The van der Waals surface area contributed by atoms with Crippen LogP contribution in [0.15, 0.2) is 60.4 Å². The zero-order valence-corrected chi connectivity index (χ0v) is 17.8. The molecule has 0 atom stereocenters. The molecule has 4 heterocycles. The molecule has 1 N–H and O–H groups in total. The van der Waals surface area contributed by atoms with Crippen LogP contribution >= 0.6 is 11.3 Å². The van der Waals surface area contributed by atoms with Crippen molar-refractivity contribution in [3.8, 4) is 17.1 Å². The van der Waals surface area contributed by atoms with Crippen LogP contribution in [0.25, 0.3) is 17.1 Å². The predicted molar refractivity (Wildman–Crippen MR) is 119 cm³/mol. The van der Waals surface area contributed by atoms with Gasteiger partial charge < -0.3 is 9.88 Å². The van der Waals surface area contributed by atoms with Crippen LogP contribution in [0.3, 0.4) is 0 Å². The van der Waals surface area contributed by atoms with Gasteiger partial charge in [-0.2, -0.15) is 0 Å². The number of rotatable bonds is 7. The number of aryl methyl sites for hydroxylation is 2. The molecular formula is C23H23N5OS. The SMILES string of the molecule is Cc1cc(C(=O)NCCCc2nc(-c3ccncc3)cs2)c(C)n1-c1ccccn1. The Hall–Kier alpha value is -3.32. The van der Waals surface area contributed by atoms with E-state index in [2.05, 4.69) is 25.6 Å². The Morgan fingerprint density at radius 1 is 1.13 bits per heavy atom. The van der Waals surface area contributed by atoms with Gasteiger partial charge in [0, 0.05) is 53.9 Å². The van der Waals surface area contributed by atoms with Gasteiger partial charge in [-0.25, -0.2) is 9.97 Å². The number of thiazole rings is 1. The van der Waals surface area contributed by atoms with Gasteiger partial charge in [-0.15, -0.1) is 11.3 Å². The Bertz CT molecular complexity index is 1140. The van der Waals surface area contributed by atoms with Crippen molar-refractivity contribution in [1.82, 2.24) is 24.8 Å². The van der Waals surface area contributed by atoms with Crippen LogP contribution in [0, 0.1) is 13.8 Å². The highest BCUT2D eigenvalue weighted by atomic mass is 32.1. The molecule has 0 unspecified atom stereocenters. The molecule has 0 bridgehead atoms. The van der Waals surface area contributed by atoms with Crippen LogP contribution in [-0.4, -0.2) is 32.0 Å². The van der Waals surface area contributed by atoms with Crippen molar-refractivity contribution in [3.05, 3.63) is 82.3 Å². The van der Waals surface area contributed by atoms with Gasteiger partial charge >= 0.3 is 0 Å². The molecule has 0 fully saturated rings. The van der Waals surface area contributed by atoms with Crippen LogP contribution in [0.5, 0.6) is 0 Å². The first-order valence-electron chi connectivity index (χ1n) is 9.87. The highest BCUT2D eigenvalue weighted by Crippen LogP contribution is 2.22. The number of pyridine rings is 2. The third-order valence-electron chi connectivity index (χ3n) is 4.93. The molecule has 152 valence electrons. The van der Waals surface area contributed by atoms with E-state index in [-0.39, 0.29) is 5.91 Å². The maximum atomic E-state index is 12.7. The normalized spacial score (nSPS) is 10.9. The molecule has 0 aliphatic heterocycles. The number of carbonyl (C=O) groups is 1. The number of nitrogens with one attached hydrogen (secondary N) is 1. The summed E-state index contributed by atoms with van der Waals surface area (Å²) in [5.74, 6) is 0.766. The van der Waals surface area contributed by atoms with E-state index in [9.17, 15) is 4.79 Å². The van der Waals surface area contributed by atoms with E-state index in [1.54, 1.807) is 29.9 Å². The van der Waals surface area contributed by atoms with Gasteiger partial charge in [0.05, 0.1) is 16.3 Å². The maximum Gasteiger partial charge on any atom is 0.253 e. The molecule has 0 radical (unpaired) electrons. The maximum absolute atomic E-state index is 12.7. The van der Waals surface area contributed by atoms with Crippen LogP contribution in [0.1, 0.15) is 33.2 Å². The minimum atomic E-state index is -0.0538. The Morgan fingerprint density at radius 3 is 2.73 bits per heavy atom. The first kappa shape index (κ1) is 20.0. The van der Waals surface area contributed by atoms with Crippen molar-refractivity contribution in [2.75, 3.05) is 6.54 Å². The Balaban J connectivity index is 1.33. The highest BCUT2D eigenvalue weighted by molar-refractivity contribution is 7.09. The Labute approximate surface area is 179 Å². The van der Waals surface area contributed by atoms with Gasteiger partial charge in [-0.1, -0.05) is 6.07 Å². The molecule has 6 nitrogen and oxygen atoms in total. The summed E-state index contributed by atoms with van der Waals surface area (Å²) in [6.07, 6.45) is 6.98. The van der Waals surface area contributed by atoms with Crippen LogP contribution < -0.4 is 5.32 Å². The summed E-state index contributed by atoms with van der Waals surface area (Å²) in [4.78, 5) is 25.8. The largest absolute Gasteiger partial charge is 0.352 e. The number of amides is 1. The molecule has 4 rings (SSSR count). The zero-order valence-electron chi connectivity index (χ0n) is 17.0. The number of hydrogen-bond donors (Lipinski definition) is 1. The van der Waals surface area contributed by atoms with Crippen molar-refractivity contribution in [1.29, 1.82) is 0 Å². The van der Waals surface area contributed by atoms with Crippen molar-refractivity contribution in [3.63, 3.8) is 0 Å². The molecule has 0 spiro atoms. The summed E-state index contributed by atoms with van der Waals surface area (Å²) in [5.41, 5.74) is 4.62. The summed E-state index contributed by atoms with van der Waals surface area (Å²) >= 11 is 1.65. The first-order valence-corrected chi connectivity index (χ1v) is 10.7. The molecule has 0 aliphatic rings. The van der Waals surface area contributed by atoms with Gasteiger partial charge in [0.25, 0.3) is 5.91 Å². The van der Waals surface area contributed by atoms with Gasteiger partial charge in [-0.05, 0) is 50.6 Å². The van der Waals surface area contributed by atoms with Gasteiger partial charge in [0.2, 0.25) is 0 Å². The molecule has 0 saturated carbocycles. The van der Waals surface area contributed by atoms with E-state index in [0.29, 0.717) is 12.1 Å². The number of carbonyl (C=O) groups excluding carboxylic acids is 1. The predicted octanol–water partition coefficient (Wildman–Crippen LogP) is 4.37. The van der Waals surface area contributed by atoms with E-state index in [1.165, 1.54) is 0 Å². The lowest BCUT2D eigenvalue weighted by molar-refractivity contribution is 0.0952. The van der Waals surface area contributed by atoms with E-state index < -0.39 is 0 Å². The summed E-state index contributed by atoms with van der Waals surface area (Å²) in [5, 5.41) is 6.18. The van der Waals surface area contributed by atoms with Crippen molar-refractivity contribution < 1.29 is 4.79 Å². The zero-order chi connectivity index (χ0) is 20.9. The lowest BCUT2D eigenvalue weighted by Gasteiger charge is -2.09. The summed E-state index contributed by atoms with van der Waals surface area (Å²) < 4.78 is 2.01. The lowest BCUT2D eigenvalue weighted by Crippen LogP contribution is -2.25. The van der Waals surface area contributed by atoms with E-state index in [4.69, 9.17) is 0 Å². The molecule has 0 aliphatic carbocycles. The summed E-state index contributed by atoms with van der Waals surface area (Å²) in [7, 11) is 0. The molecule has 30 heavy (non-hydrogen) atoms. The van der Waals surface area contributed by atoms with Crippen molar-refractivity contribution in [2.45, 2.75) is 26.7 Å². The summed E-state index contributed by atoms with van der Waals surface area (Å²) in [6.45, 7) is 4.55. The minimum Gasteiger partial charge on any atom is -0.352 e. The fourth-order valence-electron chi connectivity index (χ4n) is 3.45. The van der Waals surface area contributed by atoms with E-state index in [0.717, 1.165) is 46.3 Å². The molecule has 0 aromatic carbocycles. The highest BCUT2D eigenvalue weighted by Gasteiger charge is 2.16. The Kier molecular flexibility index (Phi) is 5.99. The van der Waals surface area contributed by atoms with Crippen molar-refractivity contribution >= 4 is 17.2 Å². The quantitative estimate of drug-likeness (QED) is 0.453. The summed E-state index contributed by atoms with van der Waals surface area (Å²) in [6, 6.07) is 11.6. The lowest BCUT2D eigenvalue weighted by atomic mass is 10.2. The standard InChI is InChI=1S/C23H23N5OS/c1-16-14-19(17(2)28(16)21-6-3-4-10-25-21)23(29)26-11-5-7-22-27-20(15-30-22)18-8-12-24-13-9-18/h3-4,6,8-10,12-15H,5,7,11H2,1-2H3,(H,26,29). The third kappa shape index (κ3) is 4.31. The Morgan fingerprint density at radius 2 is 1.97 bits per heavy atom. The van der Waals surface area contributed by atoms with Crippen LogP contribution in [0.4, 0.5) is 0 Å². The number of aromatic nitrogens is 4. The molecule has 7 heteroatoms. The number of nitrogens with zero attached hydrogens (tertiary/aromatic N) is 4. The average Bonchev–Trinajstić information content (AvgIpc) is 3.36. The topological polar surface area (TPSA) is 72.7 Å². The smallest absolute Gasteiger partial charge is 0.253 e. The van der Waals surface area contributed by atoms with Crippen LogP contribution in [0.2, 0.25) is 0 Å². The van der Waals surface area contributed by atoms with Gasteiger partial charge in [0.15, 0.2) is 0 Å². The van der Waals surface area contributed by atoms with E-state index >= 15 is 0 Å². The minimum absolute atomic E-state index is 0.0538.